The highest BCUT2D eigenvalue weighted by atomic mass is 16.5. The molecule has 0 spiro atoms. The number of carbonyl (C=O) groups is 2. The summed E-state index contributed by atoms with van der Waals surface area (Å²) in [5.41, 5.74) is 4.80. The summed E-state index contributed by atoms with van der Waals surface area (Å²) in [6.07, 6.45) is 0. The molecule has 4 heterocycles. The van der Waals surface area contributed by atoms with E-state index in [1.165, 1.54) is 22.3 Å². The topological polar surface area (TPSA) is 77.1 Å². The van der Waals surface area contributed by atoms with Crippen molar-refractivity contribution in [2.75, 3.05) is 39.6 Å². The average molecular weight is 675 g/mol. The molecule has 2 unspecified atom stereocenters. The first-order valence-electron chi connectivity index (χ1n) is 17.9. The van der Waals surface area contributed by atoms with Crippen LogP contribution in [0.2, 0.25) is 0 Å². The van der Waals surface area contributed by atoms with Gasteiger partial charge in [0.05, 0.1) is 51.7 Å². The maximum absolute atomic E-state index is 12.5. The van der Waals surface area contributed by atoms with Crippen molar-refractivity contribution in [3.63, 3.8) is 0 Å². The van der Waals surface area contributed by atoms with Crippen LogP contribution in [0.25, 0.3) is 0 Å². The molecule has 4 aliphatic rings. The Labute approximate surface area is 294 Å². The third kappa shape index (κ3) is 7.12. The molecule has 4 aromatic rings. The highest BCUT2D eigenvalue weighted by molar-refractivity contribution is 5.81. The minimum absolute atomic E-state index is 0.0578. The Bertz CT molecular complexity index is 1480. The standard InChI is InChI=1S/2C21H23NO3/c2*1-2-25-21(23)20-19(17-13-24-14-17)22(20)18(15-9-5-3-6-10-15)16-11-7-4-8-12-16/h2*3-12,17-20H,2,13-14H2,1H3/t2*19-,20+,22?/m10/s1. The lowest BCUT2D eigenvalue weighted by atomic mass is 9.97. The van der Waals surface area contributed by atoms with Crippen molar-refractivity contribution in [2.24, 2.45) is 11.8 Å². The van der Waals surface area contributed by atoms with E-state index in [4.69, 9.17) is 18.9 Å². The zero-order chi connectivity index (χ0) is 34.5. The molecule has 8 rings (SSSR count). The number of nitrogens with zero attached hydrogens (tertiary/aromatic N) is 2. The van der Waals surface area contributed by atoms with Crippen LogP contribution in [0.3, 0.4) is 0 Å². The van der Waals surface area contributed by atoms with Gasteiger partial charge in [-0.1, -0.05) is 121 Å². The second-order valence-corrected chi connectivity index (χ2v) is 13.3. The highest BCUT2D eigenvalue weighted by Gasteiger charge is 2.62. The van der Waals surface area contributed by atoms with Crippen molar-refractivity contribution in [3.05, 3.63) is 144 Å². The van der Waals surface area contributed by atoms with E-state index in [2.05, 4.69) is 107 Å². The third-order valence-corrected chi connectivity index (χ3v) is 10.2. The number of esters is 2. The van der Waals surface area contributed by atoms with Crippen LogP contribution < -0.4 is 0 Å². The fourth-order valence-corrected chi connectivity index (χ4v) is 7.70. The van der Waals surface area contributed by atoms with E-state index in [0.717, 1.165) is 26.4 Å². The monoisotopic (exact) mass is 674 g/mol. The maximum Gasteiger partial charge on any atom is 0.325 e. The largest absolute Gasteiger partial charge is 0.465 e. The van der Waals surface area contributed by atoms with Crippen LogP contribution in [0.15, 0.2) is 121 Å². The summed E-state index contributed by atoms with van der Waals surface area (Å²) in [4.78, 5) is 29.7. The van der Waals surface area contributed by atoms with Gasteiger partial charge in [-0.25, -0.2) is 0 Å². The van der Waals surface area contributed by atoms with E-state index in [-0.39, 0.29) is 48.2 Å². The number of ether oxygens (including phenoxy) is 4. The lowest BCUT2D eigenvalue weighted by molar-refractivity contribution is -0.144. The lowest BCUT2D eigenvalue weighted by Crippen LogP contribution is -2.35. The van der Waals surface area contributed by atoms with Crippen LogP contribution in [0.1, 0.15) is 48.2 Å². The summed E-state index contributed by atoms with van der Waals surface area (Å²) in [5.74, 6) is 0.584. The molecule has 4 aromatic carbocycles. The van der Waals surface area contributed by atoms with Crippen molar-refractivity contribution in [3.8, 4) is 0 Å². The molecule has 0 bridgehead atoms. The van der Waals surface area contributed by atoms with Gasteiger partial charge < -0.3 is 18.9 Å². The first kappa shape index (κ1) is 34.1. The van der Waals surface area contributed by atoms with Gasteiger partial charge in [-0.15, -0.1) is 0 Å². The number of hydrogen-bond acceptors (Lipinski definition) is 8. The molecule has 0 radical (unpaired) electrons. The van der Waals surface area contributed by atoms with Gasteiger partial charge in [0.2, 0.25) is 0 Å². The van der Waals surface area contributed by atoms with Crippen LogP contribution in [0.5, 0.6) is 0 Å². The maximum atomic E-state index is 12.5. The number of rotatable bonds is 12. The average Bonchev–Trinajstić information content (AvgIpc) is 4.01. The summed E-state index contributed by atoms with van der Waals surface area (Å²) in [5, 5.41) is 0. The molecule has 0 amide bonds. The zero-order valence-corrected chi connectivity index (χ0v) is 28.8. The van der Waals surface area contributed by atoms with Crippen molar-refractivity contribution < 1.29 is 28.5 Å². The molecular weight excluding hydrogens is 628 g/mol. The Hall–Kier alpha value is -4.34. The second-order valence-electron chi connectivity index (χ2n) is 13.3. The second kappa shape index (κ2) is 15.7. The fraction of sp³-hybridized carbons (Fsp3) is 0.381. The van der Waals surface area contributed by atoms with Gasteiger partial charge >= 0.3 is 11.9 Å². The predicted octanol–water partition coefficient (Wildman–Crippen LogP) is 6.08. The molecule has 4 aliphatic heterocycles. The Morgan fingerprint density at radius 3 is 1.04 bits per heavy atom. The van der Waals surface area contributed by atoms with Gasteiger partial charge in [0.25, 0.3) is 0 Å². The van der Waals surface area contributed by atoms with E-state index in [9.17, 15) is 9.59 Å². The van der Waals surface area contributed by atoms with Crippen LogP contribution in [-0.4, -0.2) is 85.5 Å². The molecule has 8 nitrogen and oxygen atoms in total. The van der Waals surface area contributed by atoms with Gasteiger partial charge in [-0.3, -0.25) is 19.4 Å². The van der Waals surface area contributed by atoms with E-state index in [1.54, 1.807) is 0 Å². The summed E-state index contributed by atoms with van der Waals surface area (Å²) in [6.45, 7) is 7.47. The van der Waals surface area contributed by atoms with E-state index in [1.807, 2.05) is 38.1 Å². The van der Waals surface area contributed by atoms with Crippen molar-refractivity contribution in [1.29, 1.82) is 0 Å². The molecule has 50 heavy (non-hydrogen) atoms. The van der Waals surface area contributed by atoms with E-state index in [0.29, 0.717) is 25.0 Å². The first-order chi connectivity index (χ1) is 24.6. The smallest absolute Gasteiger partial charge is 0.325 e. The van der Waals surface area contributed by atoms with Gasteiger partial charge in [-0.2, -0.15) is 0 Å². The Morgan fingerprint density at radius 1 is 0.540 bits per heavy atom. The predicted molar refractivity (Wildman–Crippen MR) is 190 cm³/mol. The molecule has 0 aromatic heterocycles. The molecule has 6 atom stereocenters. The van der Waals surface area contributed by atoms with Crippen LogP contribution in [-0.2, 0) is 28.5 Å². The van der Waals surface area contributed by atoms with E-state index >= 15 is 0 Å². The lowest BCUT2D eigenvalue weighted by Gasteiger charge is -2.28. The summed E-state index contributed by atoms with van der Waals surface area (Å²) in [7, 11) is 0. The number of carbonyl (C=O) groups excluding carboxylic acids is 2. The fourth-order valence-electron chi connectivity index (χ4n) is 7.70. The summed E-state index contributed by atoms with van der Waals surface area (Å²) >= 11 is 0. The van der Waals surface area contributed by atoms with Gasteiger partial charge in [0, 0.05) is 23.9 Å². The van der Waals surface area contributed by atoms with Crippen LogP contribution >= 0.6 is 0 Å². The number of hydrogen-bond donors (Lipinski definition) is 0. The molecule has 4 fully saturated rings. The zero-order valence-electron chi connectivity index (χ0n) is 28.8. The molecule has 4 saturated heterocycles. The first-order valence-corrected chi connectivity index (χ1v) is 17.9. The minimum atomic E-state index is -0.181. The normalized spacial score (nSPS) is 25.4. The quantitative estimate of drug-likeness (QED) is 0.132. The van der Waals surface area contributed by atoms with Crippen LogP contribution in [0.4, 0.5) is 0 Å². The van der Waals surface area contributed by atoms with Crippen molar-refractivity contribution in [1.82, 2.24) is 9.80 Å². The molecule has 260 valence electrons. The third-order valence-electron chi connectivity index (χ3n) is 10.2. The molecule has 8 heteroatoms. The van der Waals surface area contributed by atoms with Crippen LogP contribution in [0, 0.1) is 11.8 Å². The van der Waals surface area contributed by atoms with Gasteiger partial charge in [-0.05, 0) is 36.1 Å². The van der Waals surface area contributed by atoms with Gasteiger partial charge in [0.1, 0.15) is 12.1 Å². The minimum Gasteiger partial charge on any atom is -0.465 e. The summed E-state index contributed by atoms with van der Waals surface area (Å²) < 4.78 is 21.5. The Morgan fingerprint density at radius 2 is 0.820 bits per heavy atom. The molecule has 0 N–H and O–H groups in total. The molecule has 0 aliphatic carbocycles. The summed E-state index contributed by atoms with van der Waals surface area (Å²) in [6, 6.07) is 41.7. The SMILES string of the molecule is CCOC(=O)[C@@H]1[C@@H](C2COC2)N1C(c1ccccc1)c1ccccc1.CCOC(=O)[C@H]1[C@H](C2COC2)N1C(c1ccccc1)c1ccccc1. The Balaban J connectivity index is 0.000000157. The van der Waals surface area contributed by atoms with E-state index < -0.39 is 0 Å². The van der Waals surface area contributed by atoms with Crippen molar-refractivity contribution >= 4 is 11.9 Å². The van der Waals surface area contributed by atoms with Crippen molar-refractivity contribution in [2.45, 2.75) is 50.1 Å². The van der Waals surface area contributed by atoms with Gasteiger partial charge in [0.15, 0.2) is 0 Å². The molecular formula is C42H46N2O6. The Kier molecular flexibility index (Phi) is 10.7. The highest BCUT2D eigenvalue weighted by Crippen LogP contribution is 2.49. The molecule has 0 saturated carbocycles. The number of benzene rings is 4.